The molecule has 0 radical (unpaired) electrons. The van der Waals surface area contributed by atoms with E-state index in [4.69, 9.17) is 9.47 Å². The van der Waals surface area contributed by atoms with Crippen molar-refractivity contribution in [1.82, 2.24) is 0 Å². The standard InChI is InChI=1S/C24H42O6/c1-15-13-17(9-11-19(15)23(3,4)5)27-21(25)29-30-22(26)28-18-10-12-20(16(2)14-18)24(6,7)8/h15-20H,9-14H2,1-8H3. The second-order valence-electron chi connectivity index (χ2n) is 11.7. The van der Waals surface area contributed by atoms with Crippen molar-refractivity contribution in [3.05, 3.63) is 0 Å². The van der Waals surface area contributed by atoms with Crippen LogP contribution in [-0.2, 0) is 19.2 Å². The van der Waals surface area contributed by atoms with Gasteiger partial charge in [0.25, 0.3) is 0 Å². The minimum Gasteiger partial charge on any atom is -0.428 e. The van der Waals surface area contributed by atoms with Gasteiger partial charge in [0, 0.05) is 0 Å². The predicted octanol–water partition coefficient (Wildman–Crippen LogP) is 6.91. The third-order valence-electron chi connectivity index (χ3n) is 7.17. The Bertz CT molecular complexity index is 535. The van der Waals surface area contributed by atoms with E-state index in [1.165, 1.54) is 0 Å². The van der Waals surface area contributed by atoms with Gasteiger partial charge in [-0.05, 0) is 73.0 Å². The van der Waals surface area contributed by atoms with E-state index in [1.807, 2.05) is 0 Å². The molecule has 2 aliphatic rings. The van der Waals surface area contributed by atoms with Gasteiger partial charge in [0.15, 0.2) is 0 Å². The van der Waals surface area contributed by atoms with E-state index in [9.17, 15) is 9.59 Å². The van der Waals surface area contributed by atoms with Crippen molar-refractivity contribution in [2.24, 2.45) is 34.5 Å². The van der Waals surface area contributed by atoms with Crippen LogP contribution in [0.1, 0.15) is 93.9 Å². The maximum absolute atomic E-state index is 11.9. The Kier molecular flexibility index (Phi) is 8.09. The van der Waals surface area contributed by atoms with Crippen molar-refractivity contribution in [3.8, 4) is 0 Å². The first kappa shape index (κ1) is 24.8. The Morgan fingerprint density at radius 2 is 0.967 bits per heavy atom. The molecule has 0 aliphatic heterocycles. The van der Waals surface area contributed by atoms with Gasteiger partial charge < -0.3 is 9.47 Å². The van der Waals surface area contributed by atoms with Crippen LogP contribution in [0.5, 0.6) is 0 Å². The predicted molar refractivity (Wildman–Crippen MR) is 115 cm³/mol. The largest absolute Gasteiger partial charge is 0.550 e. The Balaban J connectivity index is 1.69. The summed E-state index contributed by atoms with van der Waals surface area (Å²) in [6, 6.07) is 0. The van der Waals surface area contributed by atoms with Crippen molar-refractivity contribution in [2.75, 3.05) is 0 Å². The summed E-state index contributed by atoms with van der Waals surface area (Å²) in [6.45, 7) is 17.9. The lowest BCUT2D eigenvalue weighted by Crippen LogP contribution is -2.37. The molecule has 0 N–H and O–H groups in total. The van der Waals surface area contributed by atoms with Gasteiger partial charge in [-0.3, -0.25) is 0 Å². The van der Waals surface area contributed by atoms with Gasteiger partial charge in [-0.1, -0.05) is 55.4 Å². The molecule has 30 heavy (non-hydrogen) atoms. The molecule has 2 aliphatic carbocycles. The first-order chi connectivity index (χ1) is 13.8. The fourth-order valence-electron chi connectivity index (χ4n) is 5.86. The molecule has 6 atom stereocenters. The average Bonchev–Trinajstić information content (AvgIpc) is 2.58. The fourth-order valence-corrected chi connectivity index (χ4v) is 5.86. The minimum absolute atomic E-state index is 0.209. The van der Waals surface area contributed by atoms with Gasteiger partial charge in [0.2, 0.25) is 0 Å². The number of hydrogen-bond donors (Lipinski definition) is 0. The highest BCUT2D eigenvalue weighted by Crippen LogP contribution is 2.43. The lowest BCUT2D eigenvalue weighted by molar-refractivity contribution is -0.228. The summed E-state index contributed by atoms with van der Waals surface area (Å²) in [7, 11) is 0. The summed E-state index contributed by atoms with van der Waals surface area (Å²) in [5.41, 5.74) is 0.475. The van der Waals surface area contributed by atoms with E-state index in [-0.39, 0.29) is 23.0 Å². The third-order valence-corrected chi connectivity index (χ3v) is 7.17. The molecule has 0 amide bonds. The molecule has 0 aromatic heterocycles. The van der Waals surface area contributed by atoms with E-state index in [0.29, 0.717) is 23.7 Å². The van der Waals surface area contributed by atoms with Crippen LogP contribution >= 0.6 is 0 Å². The number of ether oxygens (including phenoxy) is 2. The highest BCUT2D eigenvalue weighted by Gasteiger charge is 2.38. The van der Waals surface area contributed by atoms with Gasteiger partial charge in [0.05, 0.1) is 0 Å². The van der Waals surface area contributed by atoms with Crippen LogP contribution in [0, 0.1) is 34.5 Å². The fraction of sp³-hybridized carbons (Fsp3) is 0.917. The Morgan fingerprint density at radius 1 is 0.633 bits per heavy atom. The Hall–Kier alpha value is -1.46. The van der Waals surface area contributed by atoms with Crippen LogP contribution in [0.4, 0.5) is 9.59 Å². The zero-order valence-corrected chi connectivity index (χ0v) is 20.2. The molecule has 2 saturated carbocycles. The maximum atomic E-state index is 11.9. The zero-order chi connectivity index (χ0) is 22.7. The number of carbonyl (C=O) groups excluding carboxylic acids is 2. The van der Waals surface area contributed by atoms with Crippen molar-refractivity contribution < 1.29 is 28.8 Å². The molecule has 0 heterocycles. The second kappa shape index (κ2) is 9.78. The lowest BCUT2D eigenvalue weighted by Gasteiger charge is -2.41. The van der Waals surface area contributed by atoms with Crippen molar-refractivity contribution in [3.63, 3.8) is 0 Å². The number of rotatable bonds is 2. The van der Waals surface area contributed by atoms with Crippen LogP contribution in [0.15, 0.2) is 0 Å². The molecular formula is C24H42O6. The van der Waals surface area contributed by atoms with Crippen molar-refractivity contribution in [1.29, 1.82) is 0 Å². The summed E-state index contributed by atoms with van der Waals surface area (Å²) < 4.78 is 10.7. The summed E-state index contributed by atoms with van der Waals surface area (Å²) in [5, 5.41) is 0. The molecule has 0 spiro atoms. The van der Waals surface area contributed by atoms with Crippen LogP contribution < -0.4 is 0 Å². The van der Waals surface area contributed by atoms with Crippen LogP contribution in [-0.4, -0.2) is 24.5 Å². The summed E-state index contributed by atoms with van der Waals surface area (Å²) in [5.74, 6) is 2.09. The first-order valence-electron chi connectivity index (χ1n) is 11.5. The van der Waals surface area contributed by atoms with E-state index in [1.54, 1.807) is 0 Å². The van der Waals surface area contributed by atoms with E-state index in [2.05, 4.69) is 65.2 Å². The monoisotopic (exact) mass is 426 g/mol. The molecular weight excluding hydrogens is 384 g/mol. The first-order valence-corrected chi connectivity index (χ1v) is 11.5. The maximum Gasteiger partial charge on any atom is 0.550 e. The molecule has 0 saturated heterocycles. The molecule has 6 heteroatoms. The van der Waals surface area contributed by atoms with E-state index in [0.717, 1.165) is 38.5 Å². The SMILES string of the molecule is CC1CC(OC(=O)OOC(=O)OC2CCC(C(C)(C)C)C(C)C2)CCC1C(C)(C)C. The topological polar surface area (TPSA) is 71.1 Å². The van der Waals surface area contributed by atoms with Crippen molar-refractivity contribution in [2.45, 2.75) is 106 Å². The third kappa shape index (κ3) is 7.05. The van der Waals surface area contributed by atoms with Crippen LogP contribution in [0.25, 0.3) is 0 Å². The normalized spacial score (nSPS) is 32.8. The van der Waals surface area contributed by atoms with Gasteiger partial charge in [-0.2, -0.15) is 19.4 Å². The quantitative estimate of drug-likeness (QED) is 0.271. The van der Waals surface area contributed by atoms with E-state index >= 15 is 0 Å². The lowest BCUT2D eigenvalue weighted by atomic mass is 9.66. The van der Waals surface area contributed by atoms with Crippen LogP contribution in [0.3, 0.4) is 0 Å². The van der Waals surface area contributed by atoms with Gasteiger partial charge in [-0.25, -0.2) is 0 Å². The zero-order valence-electron chi connectivity index (χ0n) is 20.2. The van der Waals surface area contributed by atoms with Gasteiger partial charge in [-0.15, -0.1) is 0 Å². The van der Waals surface area contributed by atoms with Gasteiger partial charge >= 0.3 is 12.3 Å². The molecule has 6 nitrogen and oxygen atoms in total. The molecule has 174 valence electrons. The molecule has 0 aromatic carbocycles. The van der Waals surface area contributed by atoms with Crippen LogP contribution in [0.2, 0.25) is 0 Å². The Morgan fingerprint density at radius 3 is 1.23 bits per heavy atom. The molecule has 0 bridgehead atoms. The van der Waals surface area contributed by atoms with Gasteiger partial charge in [0.1, 0.15) is 12.2 Å². The molecule has 2 rings (SSSR count). The molecule has 0 aromatic rings. The summed E-state index contributed by atoms with van der Waals surface area (Å²) >= 11 is 0. The smallest absolute Gasteiger partial charge is 0.428 e. The summed E-state index contributed by atoms with van der Waals surface area (Å²) in [6.07, 6.45) is 2.78. The highest BCUT2D eigenvalue weighted by atomic mass is 17.3. The summed E-state index contributed by atoms with van der Waals surface area (Å²) in [4.78, 5) is 32.9. The molecule has 2 fully saturated rings. The number of carbonyl (C=O) groups is 2. The highest BCUT2D eigenvalue weighted by molar-refractivity contribution is 5.63. The molecule has 6 unspecified atom stereocenters. The van der Waals surface area contributed by atoms with E-state index < -0.39 is 12.3 Å². The Labute approximate surface area is 182 Å². The number of hydrogen-bond acceptors (Lipinski definition) is 6. The minimum atomic E-state index is -0.983. The van der Waals surface area contributed by atoms with Crippen molar-refractivity contribution >= 4 is 12.3 Å². The second-order valence-corrected chi connectivity index (χ2v) is 11.7. The average molecular weight is 427 g/mol.